The minimum atomic E-state index is -2.02. The summed E-state index contributed by atoms with van der Waals surface area (Å²) in [6, 6.07) is 5.02. The van der Waals surface area contributed by atoms with Crippen molar-refractivity contribution in [2.75, 3.05) is 13.2 Å². The summed E-state index contributed by atoms with van der Waals surface area (Å²) in [7, 11) is 0. The third kappa shape index (κ3) is 12.6. The molecule has 3 N–H and O–H groups in total. The molecule has 368 valence electrons. The highest BCUT2D eigenvalue weighted by molar-refractivity contribution is 5.88. The molecule has 10 atom stereocenters. The van der Waals surface area contributed by atoms with Crippen molar-refractivity contribution in [3.63, 3.8) is 0 Å². The molecule has 2 aliphatic heterocycles. The number of carbonyl (C=O) groups is 8. The molecule has 0 spiro atoms. The first kappa shape index (κ1) is 51.3. The van der Waals surface area contributed by atoms with Crippen molar-refractivity contribution in [1.82, 2.24) is 0 Å². The molecular formula is C43H46O25. The number of phenolic OH excluding ortho intramolecular Hbond substituents is 3. The van der Waals surface area contributed by atoms with Gasteiger partial charge in [0.2, 0.25) is 36.0 Å². The summed E-state index contributed by atoms with van der Waals surface area (Å²) >= 11 is 0. The van der Waals surface area contributed by atoms with Crippen LogP contribution in [-0.2, 0) is 85.7 Å². The molecule has 5 rings (SSSR count). The van der Waals surface area contributed by atoms with Gasteiger partial charge in [-0.25, -0.2) is 0 Å². The van der Waals surface area contributed by atoms with Gasteiger partial charge in [0.15, 0.2) is 41.7 Å². The summed E-state index contributed by atoms with van der Waals surface area (Å²) in [6.45, 7) is 6.80. The number of phenols is 3. The Bertz CT molecular complexity index is 2510. The number of ether oxygens (including phenoxy) is 12. The van der Waals surface area contributed by atoms with Gasteiger partial charge < -0.3 is 76.6 Å². The van der Waals surface area contributed by atoms with Crippen molar-refractivity contribution in [2.24, 2.45) is 0 Å². The number of rotatable bonds is 15. The summed E-state index contributed by atoms with van der Waals surface area (Å²) in [6.07, 6.45) is -17.0. The van der Waals surface area contributed by atoms with Gasteiger partial charge in [-0.1, -0.05) is 0 Å². The molecule has 0 saturated carbocycles. The van der Waals surface area contributed by atoms with Gasteiger partial charge in [-0.15, -0.1) is 0 Å². The van der Waals surface area contributed by atoms with E-state index < -0.39 is 173 Å². The van der Waals surface area contributed by atoms with Crippen LogP contribution >= 0.6 is 0 Å². The third-order valence-electron chi connectivity index (χ3n) is 9.53. The van der Waals surface area contributed by atoms with Gasteiger partial charge in [0.05, 0.1) is 0 Å². The van der Waals surface area contributed by atoms with E-state index >= 15 is 0 Å². The Morgan fingerprint density at radius 3 is 1.35 bits per heavy atom. The quantitative estimate of drug-likeness (QED) is 0.110. The van der Waals surface area contributed by atoms with E-state index in [2.05, 4.69) is 0 Å². The monoisotopic (exact) mass is 962 g/mol. The van der Waals surface area contributed by atoms with Crippen LogP contribution in [0.4, 0.5) is 0 Å². The zero-order chi connectivity index (χ0) is 50.3. The maximum absolute atomic E-state index is 14.7. The van der Waals surface area contributed by atoms with Gasteiger partial charge in [0, 0.05) is 73.1 Å². The lowest BCUT2D eigenvalue weighted by molar-refractivity contribution is -0.288. The lowest BCUT2D eigenvalue weighted by atomic mass is 9.98. The minimum Gasteiger partial charge on any atom is -0.507 e. The summed E-state index contributed by atoms with van der Waals surface area (Å²) in [5, 5.41) is 31.6. The van der Waals surface area contributed by atoms with Crippen LogP contribution in [0.15, 0.2) is 39.5 Å². The molecule has 0 radical (unpaired) electrons. The van der Waals surface area contributed by atoms with E-state index in [9.17, 15) is 58.5 Å². The van der Waals surface area contributed by atoms with Crippen LogP contribution in [0.25, 0.3) is 22.3 Å². The largest absolute Gasteiger partial charge is 0.507 e. The maximum atomic E-state index is 14.7. The van der Waals surface area contributed by atoms with E-state index in [4.69, 9.17) is 61.3 Å². The second kappa shape index (κ2) is 21.8. The third-order valence-corrected chi connectivity index (χ3v) is 9.53. The standard InChI is InChI=1S/C43H46O25/c1-16(44)56-14-30-35(58-18(3)46)38(60-20(5)48)40(62-22(7)50)42(66-30)64-25-12-28(54)32-29(13-25)65-34(24-9-10-26(52)27(53)11-24)37(33(32)55)68-43-41(63-23(8)51)39(61-21(6)49)36(59-19(4)47)31(67-43)15-57-17(2)45/h9-13,30-31,35-36,38-43,52-54H,14-15H2,1-8H3/t30-,31-,35+,36+,38+,39+,40-,41-,42-,43+/m1/s1. The van der Waals surface area contributed by atoms with Crippen LogP contribution in [0.3, 0.4) is 0 Å². The zero-order valence-corrected chi connectivity index (χ0v) is 37.4. The molecule has 2 aromatic carbocycles. The highest BCUT2D eigenvalue weighted by Gasteiger charge is 2.55. The number of hydrogen-bond acceptors (Lipinski definition) is 25. The lowest BCUT2D eigenvalue weighted by Crippen LogP contribution is -2.63. The number of fused-ring (bicyclic) bond motifs is 1. The molecule has 0 amide bonds. The van der Waals surface area contributed by atoms with Crippen molar-refractivity contribution >= 4 is 58.7 Å². The molecule has 2 fully saturated rings. The SMILES string of the molecule is CC(=O)OC[C@H]1O[C@@H](Oc2cc(O)c3c(=O)c(O[C@@H]4O[C@H](COC(C)=O)[C@H](OC(C)=O)[C@H](OC(C)=O)[C@H]4OC(C)=O)c(-c4ccc(O)c(O)c4)oc3c2)[C@H](OC(C)=O)[C@@H](OC(C)=O)[C@H]1OC(C)=O. The molecule has 2 aliphatic rings. The van der Waals surface area contributed by atoms with Crippen LogP contribution in [0.5, 0.6) is 28.7 Å². The zero-order valence-electron chi connectivity index (χ0n) is 37.4. The fraction of sp³-hybridized carbons (Fsp3) is 0.465. The molecular weight excluding hydrogens is 916 g/mol. The fourth-order valence-electron chi connectivity index (χ4n) is 7.11. The molecule has 1 aromatic heterocycles. The number of hydrogen-bond donors (Lipinski definition) is 3. The van der Waals surface area contributed by atoms with Crippen LogP contribution in [-0.4, -0.2) is 138 Å². The highest BCUT2D eigenvalue weighted by Crippen LogP contribution is 2.41. The van der Waals surface area contributed by atoms with E-state index in [-0.39, 0.29) is 5.56 Å². The van der Waals surface area contributed by atoms with Gasteiger partial charge >= 0.3 is 47.8 Å². The number of carbonyl (C=O) groups excluding carboxylic acids is 8. The molecule has 0 unspecified atom stereocenters. The second-order valence-corrected chi connectivity index (χ2v) is 15.0. The molecule has 2 saturated heterocycles. The smallest absolute Gasteiger partial charge is 0.303 e. The maximum Gasteiger partial charge on any atom is 0.303 e. The van der Waals surface area contributed by atoms with E-state index in [1.807, 2.05) is 0 Å². The highest BCUT2D eigenvalue weighted by atomic mass is 16.8. The second-order valence-electron chi connectivity index (χ2n) is 15.0. The molecule has 0 aliphatic carbocycles. The Morgan fingerprint density at radius 1 is 0.500 bits per heavy atom. The number of benzene rings is 2. The molecule has 25 nitrogen and oxygen atoms in total. The predicted molar refractivity (Wildman–Crippen MR) is 218 cm³/mol. The van der Waals surface area contributed by atoms with Crippen LogP contribution in [0.1, 0.15) is 55.4 Å². The van der Waals surface area contributed by atoms with Gasteiger partial charge in [-0.3, -0.25) is 43.2 Å². The van der Waals surface area contributed by atoms with Gasteiger partial charge in [-0.05, 0) is 18.2 Å². The Labute approximate surface area is 383 Å². The molecule has 0 bridgehead atoms. The molecule has 68 heavy (non-hydrogen) atoms. The number of esters is 8. The minimum absolute atomic E-state index is 0.190. The van der Waals surface area contributed by atoms with E-state index in [0.717, 1.165) is 85.7 Å². The van der Waals surface area contributed by atoms with Crippen molar-refractivity contribution < 1.29 is 115 Å². The van der Waals surface area contributed by atoms with Gasteiger partial charge in [0.1, 0.15) is 47.9 Å². The Balaban J connectivity index is 1.69. The Morgan fingerprint density at radius 2 is 0.926 bits per heavy atom. The summed E-state index contributed by atoms with van der Waals surface area (Å²) in [5.74, 6) is -11.4. The van der Waals surface area contributed by atoms with E-state index in [0.29, 0.717) is 0 Å². The van der Waals surface area contributed by atoms with Gasteiger partial charge in [-0.2, -0.15) is 0 Å². The topological polar surface area (TPSA) is 338 Å². The van der Waals surface area contributed by atoms with Crippen LogP contribution in [0.2, 0.25) is 0 Å². The lowest BCUT2D eigenvalue weighted by Gasteiger charge is -2.44. The first-order valence-electron chi connectivity index (χ1n) is 20.2. The van der Waals surface area contributed by atoms with Crippen molar-refractivity contribution in [2.45, 2.75) is 117 Å². The van der Waals surface area contributed by atoms with Crippen LogP contribution < -0.4 is 14.9 Å². The number of aromatic hydroxyl groups is 3. The van der Waals surface area contributed by atoms with Crippen molar-refractivity contribution in [1.29, 1.82) is 0 Å². The predicted octanol–water partition coefficient (Wildman–Crippen LogP) is 1.50. The summed E-state index contributed by atoms with van der Waals surface area (Å²) in [4.78, 5) is 113. The molecule has 3 aromatic rings. The average Bonchev–Trinajstić information content (AvgIpc) is 3.21. The normalized spacial score (nSPS) is 24.3. The van der Waals surface area contributed by atoms with E-state index in [1.54, 1.807) is 0 Å². The summed E-state index contributed by atoms with van der Waals surface area (Å²) in [5.41, 5.74) is -1.88. The van der Waals surface area contributed by atoms with E-state index in [1.165, 1.54) is 0 Å². The molecule has 3 heterocycles. The van der Waals surface area contributed by atoms with Crippen molar-refractivity contribution in [3.8, 4) is 40.1 Å². The fourth-order valence-corrected chi connectivity index (χ4v) is 7.11. The first-order valence-corrected chi connectivity index (χ1v) is 20.2. The summed E-state index contributed by atoms with van der Waals surface area (Å²) < 4.78 is 73.0. The average molecular weight is 963 g/mol. The van der Waals surface area contributed by atoms with Crippen molar-refractivity contribution in [3.05, 3.63) is 40.6 Å². The van der Waals surface area contributed by atoms with Gasteiger partial charge in [0.25, 0.3) is 0 Å². The molecule has 25 heteroatoms. The first-order chi connectivity index (χ1) is 31.9. The Hall–Kier alpha value is -7.67. The van der Waals surface area contributed by atoms with Crippen LogP contribution in [0, 0.1) is 0 Å². The Kier molecular flexibility index (Phi) is 16.4.